The van der Waals surface area contributed by atoms with Crippen molar-refractivity contribution < 1.29 is 14.7 Å². The van der Waals surface area contributed by atoms with Crippen LogP contribution in [0.15, 0.2) is 30.3 Å². The second-order valence-corrected chi connectivity index (χ2v) is 4.51. The zero-order chi connectivity index (χ0) is 13.5. The highest BCUT2D eigenvalue weighted by Gasteiger charge is 2.15. The standard InChI is InChI=1S/C14H18N2O3/c17-14(16-18)6-5-12-3-1-2-4-13(12)15-9-11-7-8-19-10-11/h1-6,11,15,18H,7-10H2,(H,16,17). The smallest absolute Gasteiger partial charge is 0.267 e. The molecule has 1 aromatic rings. The summed E-state index contributed by atoms with van der Waals surface area (Å²) in [6.45, 7) is 2.50. The van der Waals surface area contributed by atoms with E-state index in [4.69, 9.17) is 9.94 Å². The number of carbonyl (C=O) groups excluding carboxylic acids is 1. The van der Waals surface area contributed by atoms with Gasteiger partial charge in [-0.15, -0.1) is 0 Å². The van der Waals surface area contributed by atoms with Crippen molar-refractivity contribution in [3.05, 3.63) is 35.9 Å². The molecule has 19 heavy (non-hydrogen) atoms. The summed E-state index contributed by atoms with van der Waals surface area (Å²) in [6, 6.07) is 7.72. The lowest BCUT2D eigenvalue weighted by Crippen LogP contribution is -2.15. The van der Waals surface area contributed by atoms with Crippen LogP contribution in [0.2, 0.25) is 0 Å². The van der Waals surface area contributed by atoms with Gasteiger partial charge in [0, 0.05) is 30.8 Å². The van der Waals surface area contributed by atoms with Gasteiger partial charge in [-0.3, -0.25) is 10.0 Å². The van der Waals surface area contributed by atoms with Gasteiger partial charge in [0.15, 0.2) is 0 Å². The number of amides is 1. The Morgan fingerprint density at radius 2 is 2.32 bits per heavy atom. The molecular weight excluding hydrogens is 244 g/mol. The lowest BCUT2D eigenvalue weighted by molar-refractivity contribution is -0.124. The van der Waals surface area contributed by atoms with Gasteiger partial charge in [-0.1, -0.05) is 18.2 Å². The summed E-state index contributed by atoms with van der Waals surface area (Å²) in [5.74, 6) is -0.00299. The van der Waals surface area contributed by atoms with E-state index in [0.29, 0.717) is 5.92 Å². The van der Waals surface area contributed by atoms with E-state index in [-0.39, 0.29) is 0 Å². The maximum Gasteiger partial charge on any atom is 0.267 e. The Morgan fingerprint density at radius 1 is 1.47 bits per heavy atom. The molecule has 0 radical (unpaired) electrons. The molecule has 1 amide bonds. The quantitative estimate of drug-likeness (QED) is 0.429. The first kappa shape index (κ1) is 13.6. The minimum Gasteiger partial charge on any atom is -0.384 e. The molecule has 1 fully saturated rings. The molecule has 3 N–H and O–H groups in total. The number of benzene rings is 1. The van der Waals surface area contributed by atoms with E-state index < -0.39 is 5.91 Å². The minimum absolute atomic E-state index is 0.540. The number of para-hydroxylation sites is 1. The summed E-state index contributed by atoms with van der Waals surface area (Å²) in [7, 11) is 0. The van der Waals surface area contributed by atoms with E-state index in [9.17, 15) is 4.79 Å². The lowest BCUT2D eigenvalue weighted by Gasteiger charge is -2.12. The van der Waals surface area contributed by atoms with Crippen LogP contribution in [0, 0.1) is 5.92 Å². The number of hydrogen-bond donors (Lipinski definition) is 3. The van der Waals surface area contributed by atoms with Gasteiger partial charge in [0.25, 0.3) is 5.91 Å². The van der Waals surface area contributed by atoms with Crippen molar-refractivity contribution in [2.24, 2.45) is 5.92 Å². The van der Waals surface area contributed by atoms with Crippen LogP contribution in [-0.4, -0.2) is 30.9 Å². The molecule has 5 nitrogen and oxygen atoms in total. The van der Waals surface area contributed by atoms with Gasteiger partial charge in [-0.05, 0) is 24.1 Å². The van der Waals surface area contributed by atoms with Crippen LogP contribution in [0.5, 0.6) is 0 Å². The Balaban J connectivity index is 1.98. The molecule has 0 saturated carbocycles. The molecule has 1 atom stereocenters. The Bertz CT molecular complexity index is 454. The Hall–Kier alpha value is -1.85. The molecule has 0 aromatic heterocycles. The molecule has 5 heteroatoms. The number of anilines is 1. The number of rotatable bonds is 5. The monoisotopic (exact) mass is 262 g/mol. The topological polar surface area (TPSA) is 70.6 Å². The maximum atomic E-state index is 11.0. The fourth-order valence-corrected chi connectivity index (χ4v) is 2.00. The summed E-state index contributed by atoms with van der Waals surface area (Å²) < 4.78 is 5.33. The van der Waals surface area contributed by atoms with Gasteiger partial charge >= 0.3 is 0 Å². The third-order valence-electron chi connectivity index (χ3n) is 3.09. The normalized spacial score (nSPS) is 18.7. The average Bonchev–Trinajstić information content (AvgIpc) is 2.96. The Labute approximate surface area is 112 Å². The largest absolute Gasteiger partial charge is 0.384 e. The summed E-state index contributed by atoms with van der Waals surface area (Å²) >= 11 is 0. The van der Waals surface area contributed by atoms with Gasteiger partial charge in [-0.25, -0.2) is 5.48 Å². The van der Waals surface area contributed by atoms with E-state index in [2.05, 4.69) is 5.32 Å². The van der Waals surface area contributed by atoms with Crippen molar-refractivity contribution in [3.8, 4) is 0 Å². The van der Waals surface area contributed by atoms with Crippen molar-refractivity contribution >= 4 is 17.7 Å². The summed E-state index contributed by atoms with van der Waals surface area (Å²) in [5, 5.41) is 11.8. The van der Waals surface area contributed by atoms with Crippen LogP contribution < -0.4 is 10.8 Å². The molecule has 0 spiro atoms. The van der Waals surface area contributed by atoms with Gasteiger partial charge in [0.1, 0.15) is 0 Å². The molecule has 1 aliphatic heterocycles. The van der Waals surface area contributed by atoms with Crippen LogP contribution >= 0.6 is 0 Å². The van der Waals surface area contributed by atoms with Crippen molar-refractivity contribution in [2.75, 3.05) is 25.1 Å². The third kappa shape index (κ3) is 4.08. The van der Waals surface area contributed by atoms with E-state index in [1.54, 1.807) is 11.6 Å². The Morgan fingerprint density at radius 3 is 3.05 bits per heavy atom. The van der Waals surface area contributed by atoms with E-state index in [0.717, 1.165) is 37.4 Å². The summed E-state index contributed by atoms with van der Waals surface area (Å²) in [6.07, 6.45) is 4.04. The number of hydrogen-bond acceptors (Lipinski definition) is 4. The molecule has 0 bridgehead atoms. The average molecular weight is 262 g/mol. The molecule has 102 valence electrons. The van der Waals surface area contributed by atoms with Gasteiger partial charge < -0.3 is 10.1 Å². The van der Waals surface area contributed by atoms with Crippen molar-refractivity contribution in [1.82, 2.24) is 5.48 Å². The molecule has 1 aromatic carbocycles. The molecule has 0 aliphatic carbocycles. The van der Waals surface area contributed by atoms with E-state index in [1.807, 2.05) is 24.3 Å². The maximum absolute atomic E-state index is 11.0. The van der Waals surface area contributed by atoms with Gasteiger partial charge in [0.05, 0.1) is 6.61 Å². The molecule has 2 rings (SSSR count). The number of nitrogens with one attached hydrogen (secondary N) is 2. The highest BCUT2D eigenvalue weighted by Crippen LogP contribution is 2.19. The van der Waals surface area contributed by atoms with Crippen LogP contribution in [0.4, 0.5) is 5.69 Å². The summed E-state index contributed by atoms with van der Waals surface area (Å²) in [4.78, 5) is 11.0. The number of ether oxygens (including phenoxy) is 1. The second-order valence-electron chi connectivity index (χ2n) is 4.51. The van der Waals surface area contributed by atoms with E-state index >= 15 is 0 Å². The highest BCUT2D eigenvalue weighted by molar-refractivity contribution is 5.91. The predicted octanol–water partition coefficient (Wildman–Crippen LogP) is 1.65. The highest BCUT2D eigenvalue weighted by atomic mass is 16.5. The zero-order valence-corrected chi connectivity index (χ0v) is 10.6. The lowest BCUT2D eigenvalue weighted by atomic mass is 10.1. The van der Waals surface area contributed by atoms with Crippen LogP contribution in [0.3, 0.4) is 0 Å². The number of hydroxylamine groups is 1. The fraction of sp³-hybridized carbons (Fsp3) is 0.357. The second kappa shape index (κ2) is 6.92. The van der Waals surface area contributed by atoms with Crippen LogP contribution in [0.1, 0.15) is 12.0 Å². The zero-order valence-electron chi connectivity index (χ0n) is 10.6. The number of carbonyl (C=O) groups is 1. The predicted molar refractivity (Wildman–Crippen MR) is 72.8 cm³/mol. The van der Waals surface area contributed by atoms with E-state index in [1.165, 1.54) is 6.08 Å². The van der Waals surface area contributed by atoms with Crippen molar-refractivity contribution in [3.63, 3.8) is 0 Å². The van der Waals surface area contributed by atoms with Crippen LogP contribution in [-0.2, 0) is 9.53 Å². The molecular formula is C14H18N2O3. The van der Waals surface area contributed by atoms with Crippen molar-refractivity contribution in [2.45, 2.75) is 6.42 Å². The van der Waals surface area contributed by atoms with Crippen LogP contribution in [0.25, 0.3) is 6.08 Å². The van der Waals surface area contributed by atoms with Gasteiger partial charge in [0.2, 0.25) is 0 Å². The third-order valence-corrected chi connectivity index (χ3v) is 3.09. The first-order chi connectivity index (χ1) is 9.29. The minimum atomic E-state index is -0.543. The Kier molecular flexibility index (Phi) is 4.94. The molecule has 1 saturated heterocycles. The SMILES string of the molecule is O=C(C=Cc1ccccc1NCC1CCOC1)NO. The summed E-state index contributed by atoms with van der Waals surface area (Å²) in [5.41, 5.74) is 3.45. The first-order valence-corrected chi connectivity index (χ1v) is 6.32. The van der Waals surface area contributed by atoms with Crippen molar-refractivity contribution in [1.29, 1.82) is 0 Å². The fourth-order valence-electron chi connectivity index (χ4n) is 2.00. The molecule has 1 unspecified atom stereocenters. The van der Waals surface area contributed by atoms with Gasteiger partial charge in [-0.2, -0.15) is 0 Å². The molecule has 1 aliphatic rings. The first-order valence-electron chi connectivity index (χ1n) is 6.32. The molecule has 1 heterocycles.